The van der Waals surface area contributed by atoms with Gasteiger partial charge in [-0.05, 0) is 31.6 Å². The number of ketones is 1. The van der Waals surface area contributed by atoms with Crippen molar-refractivity contribution in [3.05, 3.63) is 77.4 Å². The molecule has 0 bridgehead atoms. The number of rotatable bonds is 8. The van der Waals surface area contributed by atoms with Crippen molar-refractivity contribution in [3.63, 3.8) is 0 Å². The lowest BCUT2D eigenvalue weighted by Gasteiger charge is -2.26. The Morgan fingerprint density at radius 2 is 1.55 bits per heavy atom. The van der Waals surface area contributed by atoms with E-state index in [4.69, 9.17) is 0 Å². The van der Waals surface area contributed by atoms with Crippen LogP contribution in [0.25, 0.3) is 5.76 Å². The number of benzene rings is 2. The average molecular weight is 392 g/mol. The molecule has 0 aromatic heterocycles. The molecule has 29 heavy (non-hydrogen) atoms. The molecule has 5 nitrogen and oxygen atoms in total. The zero-order chi connectivity index (χ0) is 20.8. The van der Waals surface area contributed by atoms with Crippen LogP contribution in [0.5, 0.6) is 0 Å². The van der Waals surface area contributed by atoms with E-state index in [2.05, 4.69) is 18.7 Å². The molecule has 2 aromatic carbocycles. The first-order chi connectivity index (χ1) is 14.1. The van der Waals surface area contributed by atoms with Gasteiger partial charge in [0.05, 0.1) is 11.6 Å². The first kappa shape index (κ1) is 20.8. The van der Waals surface area contributed by atoms with E-state index >= 15 is 0 Å². The SMILES string of the molecule is CCN(CC)CCCN1C(=O)C(=O)/C(=C(/O)c2ccccc2)C1c1ccccc1. The van der Waals surface area contributed by atoms with E-state index in [0.717, 1.165) is 31.6 Å². The molecule has 0 saturated carbocycles. The van der Waals surface area contributed by atoms with Crippen LogP contribution in [-0.2, 0) is 9.59 Å². The van der Waals surface area contributed by atoms with Crippen molar-refractivity contribution in [2.45, 2.75) is 26.3 Å². The maximum absolute atomic E-state index is 12.9. The van der Waals surface area contributed by atoms with Gasteiger partial charge in [-0.3, -0.25) is 9.59 Å². The van der Waals surface area contributed by atoms with Gasteiger partial charge in [0.25, 0.3) is 11.7 Å². The van der Waals surface area contributed by atoms with Crippen LogP contribution in [0.2, 0.25) is 0 Å². The number of nitrogens with zero attached hydrogens (tertiary/aromatic N) is 2. The summed E-state index contributed by atoms with van der Waals surface area (Å²) in [6, 6.07) is 17.8. The normalized spacial score (nSPS) is 18.6. The number of hydrogen-bond acceptors (Lipinski definition) is 4. The van der Waals surface area contributed by atoms with Crippen molar-refractivity contribution < 1.29 is 14.7 Å². The molecule has 1 fully saturated rings. The van der Waals surface area contributed by atoms with Gasteiger partial charge in [-0.25, -0.2) is 0 Å². The zero-order valence-corrected chi connectivity index (χ0v) is 17.0. The van der Waals surface area contributed by atoms with Crippen LogP contribution in [0.3, 0.4) is 0 Å². The van der Waals surface area contributed by atoms with Gasteiger partial charge in [0.15, 0.2) is 0 Å². The molecular weight excluding hydrogens is 364 g/mol. The van der Waals surface area contributed by atoms with Gasteiger partial charge in [0, 0.05) is 12.1 Å². The number of amides is 1. The molecule has 0 spiro atoms. The number of carbonyl (C=O) groups is 2. The fraction of sp³-hybridized carbons (Fsp3) is 0.333. The van der Waals surface area contributed by atoms with Gasteiger partial charge in [-0.2, -0.15) is 0 Å². The summed E-state index contributed by atoms with van der Waals surface area (Å²) in [5, 5.41) is 10.9. The van der Waals surface area contributed by atoms with Gasteiger partial charge in [0.2, 0.25) is 0 Å². The Bertz CT molecular complexity index is 874. The summed E-state index contributed by atoms with van der Waals surface area (Å²) in [7, 11) is 0. The van der Waals surface area contributed by atoms with Gasteiger partial charge in [-0.1, -0.05) is 74.5 Å². The lowest BCUT2D eigenvalue weighted by molar-refractivity contribution is -0.140. The number of hydrogen-bond donors (Lipinski definition) is 1. The minimum absolute atomic E-state index is 0.121. The first-order valence-electron chi connectivity index (χ1n) is 10.2. The Kier molecular flexibility index (Phi) is 6.83. The number of Topliss-reactive ketones (excluding diaryl/α,β-unsaturated/α-hetero) is 1. The molecular formula is C24H28N2O3. The maximum Gasteiger partial charge on any atom is 0.295 e. The topological polar surface area (TPSA) is 60.9 Å². The Morgan fingerprint density at radius 1 is 0.966 bits per heavy atom. The Morgan fingerprint density at radius 3 is 2.14 bits per heavy atom. The number of aliphatic hydroxyl groups is 1. The highest BCUT2D eigenvalue weighted by Gasteiger charge is 2.45. The lowest BCUT2D eigenvalue weighted by atomic mass is 9.95. The molecule has 2 aromatic rings. The molecule has 1 atom stereocenters. The second-order valence-electron chi connectivity index (χ2n) is 7.15. The van der Waals surface area contributed by atoms with Crippen LogP contribution in [0, 0.1) is 0 Å². The van der Waals surface area contributed by atoms with E-state index in [9.17, 15) is 14.7 Å². The van der Waals surface area contributed by atoms with Crippen LogP contribution < -0.4 is 0 Å². The van der Waals surface area contributed by atoms with Crippen LogP contribution in [0.15, 0.2) is 66.2 Å². The highest BCUT2D eigenvalue weighted by Crippen LogP contribution is 2.39. The summed E-state index contributed by atoms with van der Waals surface area (Å²) in [4.78, 5) is 29.7. The van der Waals surface area contributed by atoms with Crippen LogP contribution in [0.4, 0.5) is 0 Å². The number of likely N-dealkylation sites (tertiary alicyclic amines) is 1. The van der Waals surface area contributed by atoms with Crippen molar-refractivity contribution in [2.75, 3.05) is 26.2 Å². The van der Waals surface area contributed by atoms with Crippen molar-refractivity contribution >= 4 is 17.4 Å². The van der Waals surface area contributed by atoms with Crippen LogP contribution in [0.1, 0.15) is 37.4 Å². The first-order valence-corrected chi connectivity index (χ1v) is 10.2. The predicted octanol–water partition coefficient (Wildman–Crippen LogP) is 3.84. The fourth-order valence-corrected chi connectivity index (χ4v) is 3.85. The summed E-state index contributed by atoms with van der Waals surface area (Å²) in [5.41, 5.74) is 1.52. The zero-order valence-electron chi connectivity index (χ0n) is 17.0. The van der Waals surface area contributed by atoms with E-state index < -0.39 is 17.7 Å². The molecule has 1 aliphatic heterocycles. The molecule has 1 heterocycles. The van der Waals surface area contributed by atoms with Crippen molar-refractivity contribution in [1.29, 1.82) is 0 Å². The summed E-state index contributed by atoms with van der Waals surface area (Å²) in [6.07, 6.45) is 0.767. The quantitative estimate of drug-likeness (QED) is 0.421. The molecule has 1 unspecified atom stereocenters. The largest absolute Gasteiger partial charge is 0.507 e. The number of carbonyl (C=O) groups excluding carboxylic acids is 2. The molecule has 1 N–H and O–H groups in total. The van der Waals surface area contributed by atoms with E-state index in [1.807, 2.05) is 36.4 Å². The van der Waals surface area contributed by atoms with E-state index in [1.54, 1.807) is 29.2 Å². The maximum atomic E-state index is 12.9. The van der Waals surface area contributed by atoms with Gasteiger partial charge >= 0.3 is 0 Å². The van der Waals surface area contributed by atoms with Gasteiger partial charge in [0.1, 0.15) is 5.76 Å². The average Bonchev–Trinajstić information content (AvgIpc) is 3.02. The lowest BCUT2D eigenvalue weighted by Crippen LogP contribution is -2.33. The van der Waals surface area contributed by atoms with Gasteiger partial charge < -0.3 is 14.9 Å². The summed E-state index contributed by atoms with van der Waals surface area (Å²) in [5.74, 6) is -1.29. The Hall–Kier alpha value is -2.92. The third kappa shape index (κ3) is 4.40. The Balaban J connectivity index is 1.98. The third-order valence-corrected chi connectivity index (χ3v) is 5.47. The van der Waals surface area contributed by atoms with E-state index in [0.29, 0.717) is 12.1 Å². The number of aliphatic hydroxyl groups excluding tert-OH is 1. The Labute approximate surface area is 172 Å². The molecule has 0 radical (unpaired) electrons. The summed E-state index contributed by atoms with van der Waals surface area (Å²) in [6.45, 7) is 7.44. The minimum Gasteiger partial charge on any atom is -0.507 e. The summed E-state index contributed by atoms with van der Waals surface area (Å²) >= 11 is 0. The van der Waals surface area contributed by atoms with Crippen LogP contribution in [-0.4, -0.2) is 52.8 Å². The molecule has 5 heteroatoms. The molecule has 1 aliphatic rings. The minimum atomic E-state index is -0.622. The smallest absolute Gasteiger partial charge is 0.295 e. The van der Waals surface area contributed by atoms with Crippen molar-refractivity contribution in [1.82, 2.24) is 9.80 Å². The fourth-order valence-electron chi connectivity index (χ4n) is 3.85. The standard InChI is InChI=1S/C24H28N2O3/c1-3-25(4-2)16-11-17-26-21(18-12-7-5-8-13-18)20(23(28)24(26)29)22(27)19-14-9-6-10-15-19/h5-10,12-15,21,27H,3-4,11,16-17H2,1-2H3/b22-20+. The second-order valence-corrected chi connectivity index (χ2v) is 7.15. The molecule has 3 rings (SSSR count). The van der Waals surface area contributed by atoms with E-state index in [1.165, 1.54) is 0 Å². The van der Waals surface area contributed by atoms with Crippen molar-refractivity contribution in [2.24, 2.45) is 0 Å². The summed E-state index contributed by atoms with van der Waals surface area (Å²) < 4.78 is 0. The molecule has 1 saturated heterocycles. The predicted molar refractivity (Wildman–Crippen MR) is 114 cm³/mol. The highest BCUT2D eigenvalue weighted by molar-refractivity contribution is 6.46. The van der Waals surface area contributed by atoms with E-state index in [-0.39, 0.29) is 11.3 Å². The third-order valence-electron chi connectivity index (χ3n) is 5.47. The molecule has 152 valence electrons. The second kappa shape index (κ2) is 9.52. The van der Waals surface area contributed by atoms with Crippen LogP contribution >= 0.6 is 0 Å². The van der Waals surface area contributed by atoms with Crippen molar-refractivity contribution in [3.8, 4) is 0 Å². The highest BCUT2D eigenvalue weighted by atomic mass is 16.3. The monoisotopic (exact) mass is 392 g/mol. The van der Waals surface area contributed by atoms with Gasteiger partial charge in [-0.15, -0.1) is 0 Å². The molecule has 1 amide bonds. The molecule has 0 aliphatic carbocycles.